The zero-order chi connectivity index (χ0) is 9.61. The number of hydrogen-bond donors (Lipinski definition) is 0. The molecule has 0 aromatic heterocycles. The summed E-state index contributed by atoms with van der Waals surface area (Å²) in [6.07, 6.45) is 3.30. The molecule has 0 aromatic rings. The highest BCUT2D eigenvalue weighted by atomic mass is 16.5. The molecule has 1 unspecified atom stereocenters. The third kappa shape index (κ3) is 5.16. The van der Waals surface area contributed by atoms with Crippen LogP contribution in [0, 0.1) is 5.41 Å². The molecule has 0 fully saturated rings. The first-order chi connectivity index (χ1) is 5.52. The van der Waals surface area contributed by atoms with Crippen LogP contribution < -0.4 is 0 Å². The van der Waals surface area contributed by atoms with Crippen molar-refractivity contribution in [1.29, 1.82) is 0 Å². The second-order valence-electron chi connectivity index (χ2n) is 4.10. The quantitative estimate of drug-likeness (QED) is 0.576. The Bertz CT molecular complexity index is 130. The Balaban J connectivity index is 3.59. The predicted molar refractivity (Wildman–Crippen MR) is 49.9 cm³/mol. The van der Waals surface area contributed by atoms with E-state index in [1.165, 1.54) is 6.42 Å². The fraction of sp³-hybridized carbons (Fsp3) is 0.900. The first kappa shape index (κ1) is 11.5. The van der Waals surface area contributed by atoms with Crippen molar-refractivity contribution in [2.75, 3.05) is 0 Å². The van der Waals surface area contributed by atoms with E-state index in [1.54, 1.807) is 0 Å². The minimum Gasteiger partial charge on any atom is -0.465 e. The molecule has 72 valence electrons. The number of hydrogen-bond acceptors (Lipinski definition) is 2. The van der Waals surface area contributed by atoms with E-state index in [9.17, 15) is 4.79 Å². The van der Waals surface area contributed by atoms with Gasteiger partial charge in [0.2, 0.25) is 0 Å². The summed E-state index contributed by atoms with van der Waals surface area (Å²) >= 11 is 0. The molecular weight excluding hydrogens is 152 g/mol. The lowest BCUT2D eigenvalue weighted by molar-refractivity contribution is -0.133. The first-order valence-corrected chi connectivity index (χ1v) is 4.61. The summed E-state index contributed by atoms with van der Waals surface area (Å²) in [6.45, 7) is 9.12. The van der Waals surface area contributed by atoms with Gasteiger partial charge in [0.05, 0.1) is 6.10 Å². The van der Waals surface area contributed by atoms with E-state index in [-0.39, 0.29) is 6.10 Å². The van der Waals surface area contributed by atoms with E-state index >= 15 is 0 Å². The Hall–Kier alpha value is -0.530. The lowest BCUT2D eigenvalue weighted by Crippen LogP contribution is -2.15. The SMILES string of the molecule is CCC(C)(C)CCC(C)OC=O. The summed E-state index contributed by atoms with van der Waals surface area (Å²) in [5, 5.41) is 0. The predicted octanol–water partition coefficient (Wildman–Crippen LogP) is 2.76. The Labute approximate surface area is 75.3 Å². The molecule has 0 rings (SSSR count). The summed E-state index contributed by atoms with van der Waals surface area (Å²) in [7, 11) is 0. The third-order valence-corrected chi connectivity index (χ3v) is 2.47. The molecule has 0 heterocycles. The summed E-state index contributed by atoms with van der Waals surface area (Å²) in [5.74, 6) is 0. The van der Waals surface area contributed by atoms with Gasteiger partial charge < -0.3 is 4.74 Å². The van der Waals surface area contributed by atoms with Crippen LogP contribution in [0.15, 0.2) is 0 Å². The fourth-order valence-electron chi connectivity index (χ4n) is 0.934. The van der Waals surface area contributed by atoms with Crippen LogP contribution in [-0.2, 0) is 9.53 Å². The molecule has 0 radical (unpaired) electrons. The highest BCUT2D eigenvalue weighted by molar-refractivity contribution is 5.37. The maximum absolute atomic E-state index is 9.99. The molecule has 0 aliphatic heterocycles. The molecule has 0 aliphatic carbocycles. The van der Waals surface area contributed by atoms with Crippen molar-refractivity contribution >= 4 is 6.47 Å². The van der Waals surface area contributed by atoms with Gasteiger partial charge in [-0.15, -0.1) is 0 Å². The number of ether oxygens (including phenoxy) is 1. The fourth-order valence-corrected chi connectivity index (χ4v) is 0.934. The lowest BCUT2D eigenvalue weighted by Gasteiger charge is -2.23. The van der Waals surface area contributed by atoms with E-state index in [0.717, 1.165) is 12.8 Å². The standard InChI is InChI=1S/C10H20O2/c1-5-10(3,4)7-6-9(2)12-8-11/h8-9H,5-7H2,1-4H3. The van der Waals surface area contributed by atoms with Crippen molar-refractivity contribution in [3.8, 4) is 0 Å². The van der Waals surface area contributed by atoms with Crippen LogP contribution in [-0.4, -0.2) is 12.6 Å². The number of carbonyl (C=O) groups excluding carboxylic acids is 1. The topological polar surface area (TPSA) is 26.3 Å². The molecule has 2 heteroatoms. The van der Waals surface area contributed by atoms with Crippen LogP contribution in [0.1, 0.15) is 47.0 Å². The molecule has 0 saturated heterocycles. The normalized spacial score (nSPS) is 14.0. The van der Waals surface area contributed by atoms with Gasteiger partial charge in [-0.1, -0.05) is 27.2 Å². The lowest BCUT2D eigenvalue weighted by atomic mass is 9.84. The first-order valence-electron chi connectivity index (χ1n) is 4.61. The Morgan fingerprint density at radius 1 is 1.50 bits per heavy atom. The molecule has 12 heavy (non-hydrogen) atoms. The summed E-state index contributed by atoms with van der Waals surface area (Å²) < 4.78 is 4.80. The largest absolute Gasteiger partial charge is 0.465 e. The molecule has 0 aliphatic rings. The Kier molecular flexibility index (Phi) is 4.95. The third-order valence-electron chi connectivity index (χ3n) is 2.47. The van der Waals surface area contributed by atoms with Crippen LogP contribution >= 0.6 is 0 Å². The smallest absolute Gasteiger partial charge is 0.293 e. The van der Waals surface area contributed by atoms with E-state index in [1.807, 2.05) is 6.92 Å². The van der Waals surface area contributed by atoms with Gasteiger partial charge in [-0.25, -0.2) is 0 Å². The van der Waals surface area contributed by atoms with Gasteiger partial charge in [0.25, 0.3) is 6.47 Å². The highest BCUT2D eigenvalue weighted by Crippen LogP contribution is 2.26. The van der Waals surface area contributed by atoms with Gasteiger partial charge in [-0.3, -0.25) is 4.79 Å². The van der Waals surface area contributed by atoms with Crippen LogP contribution in [0.25, 0.3) is 0 Å². The number of carbonyl (C=O) groups is 1. The van der Waals surface area contributed by atoms with E-state index in [4.69, 9.17) is 4.74 Å². The van der Waals surface area contributed by atoms with Crippen LogP contribution in [0.3, 0.4) is 0 Å². The van der Waals surface area contributed by atoms with E-state index in [0.29, 0.717) is 11.9 Å². The second kappa shape index (κ2) is 5.18. The van der Waals surface area contributed by atoms with Gasteiger partial charge >= 0.3 is 0 Å². The minimum absolute atomic E-state index is 0.0633. The van der Waals surface area contributed by atoms with Gasteiger partial charge in [0, 0.05) is 0 Å². The molecule has 0 amide bonds. The van der Waals surface area contributed by atoms with Gasteiger partial charge in [0.15, 0.2) is 0 Å². The molecule has 0 spiro atoms. The summed E-state index contributed by atoms with van der Waals surface area (Å²) in [4.78, 5) is 9.99. The average Bonchev–Trinajstić information content (AvgIpc) is 2.02. The molecule has 2 nitrogen and oxygen atoms in total. The van der Waals surface area contributed by atoms with Crippen LogP contribution in [0.4, 0.5) is 0 Å². The molecular formula is C10H20O2. The maximum Gasteiger partial charge on any atom is 0.293 e. The van der Waals surface area contributed by atoms with E-state index < -0.39 is 0 Å². The molecule has 0 N–H and O–H groups in total. The summed E-state index contributed by atoms with van der Waals surface area (Å²) in [5.41, 5.74) is 0.376. The van der Waals surface area contributed by atoms with Crippen molar-refractivity contribution in [1.82, 2.24) is 0 Å². The second-order valence-corrected chi connectivity index (χ2v) is 4.10. The van der Waals surface area contributed by atoms with Gasteiger partial charge in [-0.05, 0) is 25.2 Å². The van der Waals surface area contributed by atoms with Crippen molar-refractivity contribution in [3.05, 3.63) is 0 Å². The van der Waals surface area contributed by atoms with Crippen LogP contribution in [0.5, 0.6) is 0 Å². The van der Waals surface area contributed by atoms with Crippen LogP contribution in [0.2, 0.25) is 0 Å². The van der Waals surface area contributed by atoms with Crippen molar-refractivity contribution in [2.45, 2.75) is 53.1 Å². The molecule has 0 aromatic carbocycles. The van der Waals surface area contributed by atoms with Crippen molar-refractivity contribution < 1.29 is 9.53 Å². The highest BCUT2D eigenvalue weighted by Gasteiger charge is 2.16. The molecule has 1 atom stereocenters. The zero-order valence-electron chi connectivity index (χ0n) is 8.59. The summed E-state index contributed by atoms with van der Waals surface area (Å²) in [6, 6.07) is 0. The van der Waals surface area contributed by atoms with Gasteiger partial charge in [0.1, 0.15) is 0 Å². The van der Waals surface area contributed by atoms with Crippen molar-refractivity contribution in [3.63, 3.8) is 0 Å². The molecule has 0 saturated carbocycles. The monoisotopic (exact) mass is 172 g/mol. The number of rotatable bonds is 6. The minimum atomic E-state index is 0.0633. The van der Waals surface area contributed by atoms with E-state index in [2.05, 4.69) is 20.8 Å². The Morgan fingerprint density at radius 3 is 2.50 bits per heavy atom. The Morgan fingerprint density at radius 2 is 2.08 bits per heavy atom. The molecule has 0 bridgehead atoms. The zero-order valence-corrected chi connectivity index (χ0v) is 8.59. The van der Waals surface area contributed by atoms with Gasteiger partial charge in [-0.2, -0.15) is 0 Å². The van der Waals surface area contributed by atoms with Crippen molar-refractivity contribution in [2.24, 2.45) is 5.41 Å². The average molecular weight is 172 g/mol. The maximum atomic E-state index is 9.99.